The molecule has 2 heterocycles. The number of nitrogens with zero attached hydrogens (tertiary/aromatic N) is 1. The third-order valence-electron chi connectivity index (χ3n) is 4.61. The second-order valence-corrected chi connectivity index (χ2v) is 7.04. The van der Waals surface area contributed by atoms with Crippen LogP contribution in [0.2, 0.25) is 0 Å². The van der Waals surface area contributed by atoms with Crippen LogP contribution in [0.5, 0.6) is 5.75 Å². The molecule has 4 N–H and O–H groups in total. The number of carbonyl (C=O) groups excluding carboxylic acids is 1. The van der Waals surface area contributed by atoms with Crippen molar-refractivity contribution in [1.29, 1.82) is 0 Å². The Bertz CT molecular complexity index is 1040. The maximum absolute atomic E-state index is 12.3. The summed E-state index contributed by atoms with van der Waals surface area (Å²) in [4.78, 5) is 26.7. The Morgan fingerprint density at radius 2 is 1.85 bits per heavy atom. The first-order valence-electron chi connectivity index (χ1n) is 10.3. The van der Waals surface area contributed by atoms with Crippen LogP contribution < -0.4 is 20.7 Å². The average Bonchev–Trinajstić information content (AvgIpc) is 3.55. The highest BCUT2D eigenvalue weighted by molar-refractivity contribution is 6.00. The van der Waals surface area contributed by atoms with E-state index in [-0.39, 0.29) is 6.54 Å². The van der Waals surface area contributed by atoms with Crippen LogP contribution in [0.4, 0.5) is 21.0 Å². The summed E-state index contributed by atoms with van der Waals surface area (Å²) in [5.41, 5.74) is 2.50. The van der Waals surface area contributed by atoms with Crippen molar-refractivity contribution >= 4 is 23.5 Å². The predicted molar refractivity (Wildman–Crippen MR) is 122 cm³/mol. The van der Waals surface area contributed by atoms with Crippen molar-refractivity contribution in [3.05, 3.63) is 60.6 Å². The van der Waals surface area contributed by atoms with E-state index in [0.717, 1.165) is 18.8 Å². The summed E-state index contributed by atoms with van der Waals surface area (Å²) in [6.07, 6.45) is 4.34. The lowest BCUT2D eigenvalue weighted by Crippen LogP contribution is -2.21. The fraction of sp³-hybridized carbons (Fsp3) is 0.261. The third kappa shape index (κ3) is 7.54. The minimum Gasteiger partial charge on any atom is -0.496 e. The molecule has 1 aliphatic heterocycles. The second kappa shape index (κ2) is 12.1. The number of aromatic nitrogens is 1. The molecular formula is C23H26N4O6. The molecule has 0 bridgehead atoms. The van der Waals surface area contributed by atoms with Gasteiger partial charge in [-0.2, -0.15) is 0 Å². The number of ether oxygens (including phenoxy) is 2. The summed E-state index contributed by atoms with van der Waals surface area (Å²) in [7, 11) is 1.52. The molecule has 174 valence electrons. The van der Waals surface area contributed by atoms with Gasteiger partial charge in [0.15, 0.2) is 12.2 Å². The molecule has 3 aromatic rings. The Morgan fingerprint density at radius 1 is 1.09 bits per heavy atom. The van der Waals surface area contributed by atoms with Gasteiger partial charge in [0.05, 0.1) is 18.9 Å². The molecule has 1 fully saturated rings. The van der Waals surface area contributed by atoms with Crippen LogP contribution in [0.15, 0.2) is 59.5 Å². The molecule has 0 spiro atoms. The molecule has 0 saturated carbocycles. The van der Waals surface area contributed by atoms with Crippen molar-refractivity contribution in [2.45, 2.75) is 19.4 Å². The van der Waals surface area contributed by atoms with E-state index in [0.29, 0.717) is 28.4 Å². The monoisotopic (exact) mass is 454 g/mol. The van der Waals surface area contributed by atoms with Gasteiger partial charge in [-0.3, -0.25) is 0 Å². The number of hydrogen-bond donors (Lipinski definition) is 4. The topological polar surface area (TPSA) is 135 Å². The van der Waals surface area contributed by atoms with Crippen molar-refractivity contribution in [3.8, 4) is 17.1 Å². The van der Waals surface area contributed by atoms with E-state index in [1.165, 1.54) is 26.3 Å². The largest absolute Gasteiger partial charge is 0.496 e. The number of oxazole rings is 1. The van der Waals surface area contributed by atoms with Gasteiger partial charge < -0.3 is 34.9 Å². The first-order chi connectivity index (χ1) is 16.0. The zero-order valence-electron chi connectivity index (χ0n) is 18.2. The molecule has 3 amide bonds. The van der Waals surface area contributed by atoms with E-state index in [1.807, 2.05) is 0 Å². The predicted octanol–water partition coefficient (Wildman–Crippen LogP) is 4.56. The molecular weight excluding hydrogens is 428 g/mol. The summed E-state index contributed by atoms with van der Waals surface area (Å²) in [6.45, 7) is 2.15. The van der Waals surface area contributed by atoms with Gasteiger partial charge in [0.2, 0.25) is 0 Å². The Balaban J connectivity index is 0.000000541. The van der Waals surface area contributed by atoms with Crippen LogP contribution in [-0.2, 0) is 11.3 Å². The Labute approximate surface area is 190 Å². The fourth-order valence-corrected chi connectivity index (χ4v) is 3.06. The van der Waals surface area contributed by atoms with E-state index in [2.05, 4.69) is 20.9 Å². The first kappa shape index (κ1) is 23.6. The Morgan fingerprint density at radius 3 is 2.45 bits per heavy atom. The number of carboxylic acid groups (broad SMARTS) is 1. The molecule has 4 rings (SSSR count). The fourth-order valence-electron chi connectivity index (χ4n) is 3.06. The molecule has 10 nitrogen and oxygen atoms in total. The molecule has 33 heavy (non-hydrogen) atoms. The number of methoxy groups -OCH3 is 1. The highest BCUT2D eigenvalue weighted by Gasteiger charge is 2.11. The Hall–Kier alpha value is -4.05. The Kier molecular flexibility index (Phi) is 8.66. The molecule has 0 aliphatic carbocycles. The molecule has 2 aromatic carbocycles. The number of urea groups is 1. The number of nitrogens with one attached hydrogen (secondary N) is 3. The van der Waals surface area contributed by atoms with E-state index < -0.39 is 12.1 Å². The van der Waals surface area contributed by atoms with Gasteiger partial charge in [-0.1, -0.05) is 12.1 Å². The van der Waals surface area contributed by atoms with Gasteiger partial charge in [0, 0.05) is 37.2 Å². The molecule has 0 atom stereocenters. The number of anilines is 2. The normalized spacial score (nSPS) is 12.3. The smallest absolute Gasteiger partial charge is 0.404 e. The standard InChI is InChI=1S/C19H18N4O5.C4H8O/c1-27-16-8-14(5-6-15(16)17-10-20-11-28-17)23-18(24)22-13-4-2-3-12(7-13)9-21-19(25)26;1-2-4-5-3-1/h2-8,10-11,21H,9H2,1H3,(H,25,26)(H2,22,23,24);1-4H2. The molecule has 0 unspecified atom stereocenters. The lowest BCUT2D eigenvalue weighted by atomic mass is 10.1. The van der Waals surface area contributed by atoms with E-state index in [9.17, 15) is 9.59 Å². The van der Waals surface area contributed by atoms with Gasteiger partial charge in [-0.15, -0.1) is 0 Å². The SMILES string of the molecule is C1CCOC1.COc1cc(NC(=O)Nc2cccc(CNC(=O)O)c2)ccc1-c1cnco1. The molecule has 1 aromatic heterocycles. The van der Waals surface area contributed by atoms with Crippen molar-refractivity contribution in [2.24, 2.45) is 0 Å². The van der Waals surface area contributed by atoms with Crippen molar-refractivity contribution < 1.29 is 28.6 Å². The molecule has 0 radical (unpaired) electrons. The minimum atomic E-state index is -1.11. The highest BCUT2D eigenvalue weighted by Crippen LogP contribution is 2.32. The van der Waals surface area contributed by atoms with E-state index >= 15 is 0 Å². The van der Waals surface area contributed by atoms with Gasteiger partial charge in [0.1, 0.15) is 5.75 Å². The lowest BCUT2D eigenvalue weighted by Gasteiger charge is -2.11. The van der Waals surface area contributed by atoms with Crippen LogP contribution in [0.1, 0.15) is 18.4 Å². The van der Waals surface area contributed by atoms with Gasteiger partial charge >= 0.3 is 12.1 Å². The number of carbonyl (C=O) groups is 2. The summed E-state index contributed by atoms with van der Waals surface area (Å²) >= 11 is 0. The molecule has 1 saturated heterocycles. The average molecular weight is 454 g/mol. The number of benzene rings is 2. The molecule has 10 heteroatoms. The zero-order chi connectivity index (χ0) is 23.5. The summed E-state index contributed by atoms with van der Waals surface area (Å²) in [6, 6.07) is 11.6. The maximum atomic E-state index is 12.3. The van der Waals surface area contributed by atoms with Crippen LogP contribution in [0.25, 0.3) is 11.3 Å². The van der Waals surface area contributed by atoms with Crippen molar-refractivity contribution in [2.75, 3.05) is 31.0 Å². The summed E-state index contributed by atoms with van der Waals surface area (Å²) < 4.78 is 15.6. The van der Waals surface area contributed by atoms with Crippen LogP contribution in [-0.4, -0.2) is 42.5 Å². The first-order valence-corrected chi connectivity index (χ1v) is 10.3. The van der Waals surface area contributed by atoms with Crippen LogP contribution in [0.3, 0.4) is 0 Å². The van der Waals surface area contributed by atoms with Crippen molar-refractivity contribution in [3.63, 3.8) is 0 Å². The van der Waals surface area contributed by atoms with E-state index in [4.69, 9.17) is 19.0 Å². The number of rotatable bonds is 6. The molecule has 1 aliphatic rings. The van der Waals surface area contributed by atoms with Gasteiger partial charge in [-0.25, -0.2) is 14.6 Å². The van der Waals surface area contributed by atoms with E-state index in [1.54, 1.807) is 48.7 Å². The zero-order valence-corrected chi connectivity index (χ0v) is 18.2. The van der Waals surface area contributed by atoms with Gasteiger partial charge in [0.25, 0.3) is 0 Å². The van der Waals surface area contributed by atoms with Gasteiger partial charge in [-0.05, 0) is 42.7 Å². The summed E-state index contributed by atoms with van der Waals surface area (Å²) in [5, 5.41) is 16.4. The third-order valence-corrected chi connectivity index (χ3v) is 4.61. The maximum Gasteiger partial charge on any atom is 0.404 e. The highest BCUT2D eigenvalue weighted by atomic mass is 16.5. The van der Waals surface area contributed by atoms with Crippen molar-refractivity contribution in [1.82, 2.24) is 10.3 Å². The lowest BCUT2D eigenvalue weighted by molar-refractivity contribution is 0.194. The van der Waals surface area contributed by atoms with Crippen LogP contribution in [0, 0.1) is 0 Å². The second-order valence-electron chi connectivity index (χ2n) is 7.04. The quantitative estimate of drug-likeness (QED) is 0.429. The minimum absolute atomic E-state index is 0.146. The number of hydrogen-bond acceptors (Lipinski definition) is 6. The van der Waals surface area contributed by atoms with Crippen LogP contribution >= 0.6 is 0 Å². The number of amides is 3. The summed E-state index contributed by atoms with van der Waals surface area (Å²) in [5.74, 6) is 1.08.